The summed E-state index contributed by atoms with van der Waals surface area (Å²) in [6.07, 6.45) is 6.99. The van der Waals surface area contributed by atoms with Crippen LogP contribution in [0.25, 0.3) is 0 Å². The van der Waals surface area contributed by atoms with E-state index in [0.29, 0.717) is 0 Å². The van der Waals surface area contributed by atoms with Gasteiger partial charge in [-0.3, -0.25) is 4.99 Å². The summed E-state index contributed by atoms with van der Waals surface area (Å²) in [6.45, 7) is 3.45. The van der Waals surface area contributed by atoms with E-state index in [-0.39, 0.29) is 0 Å². The van der Waals surface area contributed by atoms with Gasteiger partial charge in [0.1, 0.15) is 0 Å². The molecule has 0 bridgehead atoms. The van der Waals surface area contributed by atoms with Crippen molar-refractivity contribution in [1.82, 2.24) is 0 Å². The Labute approximate surface area is 68.9 Å². The third-order valence-corrected chi connectivity index (χ3v) is 3.12. The highest BCUT2D eigenvalue weighted by atomic mass is 14.8. The Kier molecular flexibility index (Phi) is 1.97. The van der Waals surface area contributed by atoms with Gasteiger partial charge in [0.2, 0.25) is 0 Å². The fraction of sp³-hybridized carbons (Fsp3) is 0.900. The first kappa shape index (κ1) is 7.33. The van der Waals surface area contributed by atoms with Crippen molar-refractivity contribution in [2.24, 2.45) is 16.8 Å². The summed E-state index contributed by atoms with van der Waals surface area (Å²) in [5.74, 6) is 1.68. The van der Waals surface area contributed by atoms with Crippen LogP contribution in [0.2, 0.25) is 0 Å². The number of rotatable bonds is 0. The second-order valence-electron chi connectivity index (χ2n) is 3.98. The Morgan fingerprint density at radius 2 is 2.00 bits per heavy atom. The molecule has 0 unspecified atom stereocenters. The van der Waals surface area contributed by atoms with Crippen LogP contribution in [0.5, 0.6) is 0 Å². The summed E-state index contributed by atoms with van der Waals surface area (Å²) in [6, 6.07) is 0. The fourth-order valence-electron chi connectivity index (χ4n) is 2.49. The lowest BCUT2D eigenvalue weighted by atomic mass is 9.77. The maximum absolute atomic E-state index is 4.65. The third-order valence-electron chi connectivity index (χ3n) is 3.12. The normalized spacial score (nSPS) is 37.7. The van der Waals surface area contributed by atoms with Crippen molar-refractivity contribution in [3.63, 3.8) is 0 Å². The van der Waals surface area contributed by atoms with E-state index < -0.39 is 0 Å². The van der Waals surface area contributed by atoms with Gasteiger partial charge in [-0.15, -0.1) is 0 Å². The average Bonchev–Trinajstić information content (AvgIpc) is 2.06. The first-order valence-electron chi connectivity index (χ1n) is 4.92. The molecule has 1 heteroatoms. The van der Waals surface area contributed by atoms with Gasteiger partial charge in [-0.1, -0.05) is 13.3 Å². The van der Waals surface area contributed by atoms with Gasteiger partial charge in [-0.25, -0.2) is 0 Å². The van der Waals surface area contributed by atoms with Crippen molar-refractivity contribution in [2.45, 2.75) is 39.0 Å². The molecular weight excluding hydrogens is 134 g/mol. The van der Waals surface area contributed by atoms with Gasteiger partial charge in [0, 0.05) is 12.3 Å². The molecule has 2 rings (SSSR count). The molecular formula is C10H17N. The number of nitrogens with zero attached hydrogens (tertiary/aromatic N) is 1. The molecule has 0 spiro atoms. The first-order valence-corrected chi connectivity index (χ1v) is 4.92. The predicted molar refractivity (Wildman–Crippen MR) is 48.0 cm³/mol. The van der Waals surface area contributed by atoms with Gasteiger partial charge in [-0.2, -0.15) is 0 Å². The number of aliphatic imine (C=N–C) groups is 1. The maximum atomic E-state index is 4.65. The summed E-state index contributed by atoms with van der Waals surface area (Å²) < 4.78 is 0. The Bertz CT molecular complexity index is 172. The Morgan fingerprint density at radius 3 is 2.82 bits per heavy atom. The van der Waals surface area contributed by atoms with Crippen LogP contribution in [0.3, 0.4) is 0 Å². The van der Waals surface area contributed by atoms with Crippen LogP contribution in [0.1, 0.15) is 39.0 Å². The second-order valence-corrected chi connectivity index (χ2v) is 3.98. The SMILES string of the molecule is C[C@@H]1CCC[C@@H]2CCCN=C21. The molecule has 0 radical (unpaired) electrons. The highest BCUT2D eigenvalue weighted by molar-refractivity contribution is 5.89. The van der Waals surface area contributed by atoms with E-state index in [9.17, 15) is 0 Å². The molecule has 1 heterocycles. The van der Waals surface area contributed by atoms with Crippen molar-refractivity contribution < 1.29 is 0 Å². The zero-order valence-electron chi connectivity index (χ0n) is 7.34. The lowest BCUT2D eigenvalue weighted by molar-refractivity contribution is 0.422. The number of fused-ring (bicyclic) bond motifs is 1. The standard InChI is InChI=1S/C10H17N/c1-8-4-2-5-9-6-3-7-11-10(8)9/h8-9H,2-7H2,1H3/t8-,9-/m1/s1. The van der Waals surface area contributed by atoms with E-state index in [1.165, 1.54) is 32.1 Å². The van der Waals surface area contributed by atoms with E-state index in [1.807, 2.05) is 0 Å². The van der Waals surface area contributed by atoms with Crippen LogP contribution in [-0.4, -0.2) is 12.3 Å². The number of hydrogen-bond acceptors (Lipinski definition) is 1. The monoisotopic (exact) mass is 151 g/mol. The van der Waals surface area contributed by atoms with Crippen LogP contribution in [0, 0.1) is 11.8 Å². The molecule has 62 valence electrons. The zero-order valence-corrected chi connectivity index (χ0v) is 7.34. The minimum absolute atomic E-state index is 0.800. The van der Waals surface area contributed by atoms with Crippen molar-refractivity contribution in [1.29, 1.82) is 0 Å². The minimum atomic E-state index is 0.800. The highest BCUT2D eigenvalue weighted by Crippen LogP contribution is 2.31. The van der Waals surface area contributed by atoms with Crippen molar-refractivity contribution in [2.75, 3.05) is 6.54 Å². The quantitative estimate of drug-likeness (QED) is 0.504. The molecule has 1 fully saturated rings. The Hall–Kier alpha value is -0.330. The Morgan fingerprint density at radius 1 is 1.18 bits per heavy atom. The van der Waals surface area contributed by atoms with Gasteiger partial charge in [-0.05, 0) is 37.5 Å². The van der Waals surface area contributed by atoms with Crippen molar-refractivity contribution in [3.05, 3.63) is 0 Å². The third kappa shape index (κ3) is 1.33. The van der Waals surface area contributed by atoms with Crippen LogP contribution in [-0.2, 0) is 0 Å². The van der Waals surface area contributed by atoms with Gasteiger partial charge in [0.25, 0.3) is 0 Å². The summed E-state index contributed by atoms with van der Waals surface area (Å²) in [4.78, 5) is 4.65. The smallest absolute Gasteiger partial charge is 0.0389 e. The predicted octanol–water partition coefficient (Wildman–Crippen LogP) is 2.66. The molecule has 1 aliphatic heterocycles. The molecule has 0 amide bonds. The van der Waals surface area contributed by atoms with E-state index in [4.69, 9.17) is 0 Å². The van der Waals surface area contributed by atoms with Gasteiger partial charge < -0.3 is 0 Å². The lowest BCUT2D eigenvalue weighted by Crippen LogP contribution is -2.29. The summed E-state index contributed by atoms with van der Waals surface area (Å²) in [5, 5.41) is 0. The van der Waals surface area contributed by atoms with Crippen LogP contribution in [0.15, 0.2) is 4.99 Å². The van der Waals surface area contributed by atoms with E-state index in [1.54, 1.807) is 5.71 Å². The molecule has 11 heavy (non-hydrogen) atoms. The largest absolute Gasteiger partial charge is 0.294 e. The summed E-state index contributed by atoms with van der Waals surface area (Å²) >= 11 is 0. The van der Waals surface area contributed by atoms with Crippen LogP contribution < -0.4 is 0 Å². The topological polar surface area (TPSA) is 12.4 Å². The number of hydrogen-bond donors (Lipinski definition) is 0. The molecule has 1 nitrogen and oxygen atoms in total. The lowest BCUT2D eigenvalue weighted by Gasteiger charge is -2.31. The molecule has 0 aromatic carbocycles. The second kappa shape index (κ2) is 2.96. The molecule has 1 saturated carbocycles. The van der Waals surface area contributed by atoms with Crippen LogP contribution in [0.4, 0.5) is 0 Å². The molecule has 2 aliphatic rings. The van der Waals surface area contributed by atoms with E-state index >= 15 is 0 Å². The van der Waals surface area contributed by atoms with Gasteiger partial charge in [0.15, 0.2) is 0 Å². The van der Waals surface area contributed by atoms with Crippen molar-refractivity contribution in [3.8, 4) is 0 Å². The Balaban J connectivity index is 2.14. The summed E-state index contributed by atoms with van der Waals surface area (Å²) in [7, 11) is 0. The molecule has 2 atom stereocenters. The molecule has 0 aromatic heterocycles. The zero-order chi connectivity index (χ0) is 7.68. The van der Waals surface area contributed by atoms with Gasteiger partial charge >= 0.3 is 0 Å². The van der Waals surface area contributed by atoms with Crippen molar-refractivity contribution >= 4 is 5.71 Å². The fourth-order valence-corrected chi connectivity index (χ4v) is 2.49. The van der Waals surface area contributed by atoms with E-state index in [2.05, 4.69) is 11.9 Å². The highest BCUT2D eigenvalue weighted by Gasteiger charge is 2.27. The van der Waals surface area contributed by atoms with Gasteiger partial charge in [0.05, 0.1) is 0 Å². The average molecular weight is 151 g/mol. The maximum Gasteiger partial charge on any atom is 0.0389 e. The molecule has 1 aliphatic carbocycles. The first-order chi connectivity index (χ1) is 5.38. The molecule has 0 aromatic rings. The van der Waals surface area contributed by atoms with E-state index in [0.717, 1.165) is 18.4 Å². The van der Waals surface area contributed by atoms with Crippen LogP contribution >= 0.6 is 0 Å². The summed E-state index contributed by atoms with van der Waals surface area (Å²) in [5.41, 5.74) is 1.56. The minimum Gasteiger partial charge on any atom is -0.294 e. The molecule has 0 N–H and O–H groups in total. The molecule has 0 saturated heterocycles.